The molecule has 2 nitrogen and oxygen atoms in total. The first kappa shape index (κ1) is 11.5. The van der Waals surface area contributed by atoms with Crippen molar-refractivity contribution in [2.45, 2.75) is 26.1 Å². The topological polar surface area (TPSA) is 29.4 Å². The predicted octanol–water partition coefficient (Wildman–Crippen LogP) is 2.87. The fourth-order valence-corrected chi connectivity index (χ4v) is 1.18. The summed E-state index contributed by atoms with van der Waals surface area (Å²) in [6.07, 6.45) is 1.32. The van der Waals surface area contributed by atoms with E-state index < -0.39 is 11.5 Å². The van der Waals surface area contributed by atoms with Gasteiger partial charge >= 0.3 is 0 Å². The third-order valence-electron chi connectivity index (χ3n) is 2.05. The van der Waals surface area contributed by atoms with Crippen LogP contribution in [0.25, 0.3) is 0 Å². The van der Waals surface area contributed by atoms with Crippen LogP contribution in [0.15, 0.2) is 23.2 Å². The number of carbonyl (C=O) groups excluding carboxylic acids is 1. The van der Waals surface area contributed by atoms with Gasteiger partial charge in [-0.15, -0.1) is 0 Å². The van der Waals surface area contributed by atoms with Gasteiger partial charge in [0.05, 0.1) is 6.54 Å². The van der Waals surface area contributed by atoms with Crippen molar-refractivity contribution in [1.82, 2.24) is 0 Å². The van der Waals surface area contributed by atoms with Crippen LogP contribution in [-0.2, 0) is 17.0 Å². The maximum absolute atomic E-state index is 13.5. The molecule has 0 radical (unpaired) electrons. The second-order valence-electron chi connectivity index (χ2n) is 3.69. The van der Waals surface area contributed by atoms with Crippen molar-refractivity contribution >= 4 is 6.08 Å². The Balaban J connectivity index is 3.10. The van der Waals surface area contributed by atoms with Crippen molar-refractivity contribution in [1.29, 1.82) is 0 Å². The van der Waals surface area contributed by atoms with E-state index in [1.165, 1.54) is 38.1 Å². The second kappa shape index (κ2) is 4.32. The summed E-state index contributed by atoms with van der Waals surface area (Å²) in [4.78, 5) is 13.1. The number of rotatable bonds is 3. The number of hydrogen-bond acceptors (Lipinski definition) is 2. The first-order valence-corrected chi connectivity index (χ1v) is 4.46. The third kappa shape index (κ3) is 2.96. The summed E-state index contributed by atoms with van der Waals surface area (Å²) in [5, 5.41) is 0. The van der Waals surface area contributed by atoms with Crippen molar-refractivity contribution in [3.8, 4) is 0 Å². The lowest BCUT2D eigenvalue weighted by Gasteiger charge is -2.15. The molecule has 0 heterocycles. The monoisotopic (exact) mass is 211 g/mol. The van der Waals surface area contributed by atoms with Gasteiger partial charge < -0.3 is 0 Å². The number of halogens is 2. The zero-order valence-corrected chi connectivity index (χ0v) is 8.55. The fraction of sp³-hybridized carbons (Fsp3) is 0.364. The van der Waals surface area contributed by atoms with Crippen LogP contribution >= 0.6 is 0 Å². The average molecular weight is 211 g/mol. The van der Waals surface area contributed by atoms with Crippen molar-refractivity contribution in [3.05, 3.63) is 35.1 Å². The van der Waals surface area contributed by atoms with Gasteiger partial charge in [0.2, 0.25) is 6.08 Å². The highest BCUT2D eigenvalue weighted by Crippen LogP contribution is 2.26. The molecule has 0 aliphatic rings. The maximum Gasteiger partial charge on any atom is 0.235 e. The van der Waals surface area contributed by atoms with Crippen LogP contribution in [-0.4, -0.2) is 6.08 Å². The third-order valence-corrected chi connectivity index (χ3v) is 2.05. The van der Waals surface area contributed by atoms with Gasteiger partial charge in [-0.25, -0.2) is 18.6 Å². The number of aliphatic imine (C=N–C) groups is 1. The molecule has 15 heavy (non-hydrogen) atoms. The van der Waals surface area contributed by atoms with Crippen LogP contribution in [0.5, 0.6) is 0 Å². The van der Waals surface area contributed by atoms with Gasteiger partial charge in [-0.1, -0.05) is 6.07 Å². The zero-order valence-electron chi connectivity index (χ0n) is 8.55. The van der Waals surface area contributed by atoms with E-state index in [0.29, 0.717) is 5.56 Å². The quantitative estimate of drug-likeness (QED) is 0.558. The Morgan fingerprint density at radius 3 is 2.67 bits per heavy atom. The molecule has 0 amide bonds. The molecule has 0 bridgehead atoms. The highest BCUT2D eigenvalue weighted by atomic mass is 19.1. The number of alkyl halides is 1. The lowest BCUT2D eigenvalue weighted by Crippen LogP contribution is -2.09. The number of isocyanates is 1. The van der Waals surface area contributed by atoms with Gasteiger partial charge in [0.15, 0.2) is 0 Å². The molecule has 1 rings (SSSR count). The fourth-order valence-electron chi connectivity index (χ4n) is 1.18. The van der Waals surface area contributed by atoms with Gasteiger partial charge in [0.25, 0.3) is 0 Å². The molecule has 1 aromatic carbocycles. The molecular formula is C11H11F2NO. The Labute approximate surface area is 86.6 Å². The van der Waals surface area contributed by atoms with Crippen LogP contribution in [0, 0.1) is 5.82 Å². The van der Waals surface area contributed by atoms with Crippen molar-refractivity contribution in [2.75, 3.05) is 0 Å². The molecule has 0 saturated heterocycles. The van der Waals surface area contributed by atoms with Crippen LogP contribution in [0.1, 0.15) is 25.0 Å². The Hall–Kier alpha value is -1.54. The summed E-state index contributed by atoms with van der Waals surface area (Å²) in [6.45, 7) is 2.65. The Morgan fingerprint density at radius 2 is 2.13 bits per heavy atom. The normalized spacial score (nSPS) is 10.9. The molecule has 0 aliphatic carbocycles. The largest absolute Gasteiger partial charge is 0.239 e. The van der Waals surface area contributed by atoms with Gasteiger partial charge in [-0.2, -0.15) is 0 Å². The first-order chi connectivity index (χ1) is 6.95. The van der Waals surface area contributed by atoms with Crippen LogP contribution in [0.3, 0.4) is 0 Å². The summed E-state index contributed by atoms with van der Waals surface area (Å²) in [6, 6.07) is 3.92. The molecule has 4 heteroatoms. The van der Waals surface area contributed by atoms with E-state index in [1.807, 2.05) is 0 Å². The van der Waals surface area contributed by atoms with E-state index in [2.05, 4.69) is 4.99 Å². The lowest BCUT2D eigenvalue weighted by atomic mass is 9.98. The van der Waals surface area contributed by atoms with Gasteiger partial charge in [-0.3, -0.25) is 0 Å². The summed E-state index contributed by atoms with van der Waals surface area (Å²) in [7, 11) is 0. The van der Waals surface area contributed by atoms with Crippen molar-refractivity contribution in [3.63, 3.8) is 0 Å². The molecule has 0 aromatic heterocycles. The highest BCUT2D eigenvalue weighted by molar-refractivity contribution is 5.35. The van der Waals surface area contributed by atoms with E-state index >= 15 is 0 Å². The van der Waals surface area contributed by atoms with Crippen LogP contribution in [0.2, 0.25) is 0 Å². The SMILES string of the molecule is CC(C)(F)c1ccc(F)c(CN=C=O)c1. The Kier molecular flexibility index (Phi) is 3.32. The Morgan fingerprint density at radius 1 is 1.47 bits per heavy atom. The number of hydrogen-bond donors (Lipinski definition) is 0. The highest BCUT2D eigenvalue weighted by Gasteiger charge is 2.19. The molecule has 0 unspecified atom stereocenters. The molecule has 1 aromatic rings. The molecule has 0 aliphatic heterocycles. The molecular weight excluding hydrogens is 200 g/mol. The lowest BCUT2D eigenvalue weighted by molar-refractivity contribution is 0.221. The zero-order chi connectivity index (χ0) is 11.5. The van der Waals surface area contributed by atoms with E-state index in [0.717, 1.165) is 0 Å². The Bertz CT molecular complexity index is 404. The molecule has 80 valence electrons. The minimum atomic E-state index is -1.53. The molecule has 0 saturated carbocycles. The van der Waals surface area contributed by atoms with Gasteiger partial charge in [-0.05, 0) is 31.5 Å². The summed E-state index contributed by atoms with van der Waals surface area (Å²) < 4.78 is 26.7. The summed E-state index contributed by atoms with van der Waals surface area (Å²) in [5.74, 6) is -0.498. The van der Waals surface area contributed by atoms with Gasteiger partial charge in [0.1, 0.15) is 11.5 Å². The van der Waals surface area contributed by atoms with E-state index in [9.17, 15) is 13.6 Å². The summed E-state index contributed by atoms with van der Waals surface area (Å²) >= 11 is 0. The summed E-state index contributed by atoms with van der Waals surface area (Å²) in [5.41, 5.74) is -0.977. The predicted molar refractivity (Wildman–Crippen MR) is 52.4 cm³/mol. The molecule has 0 spiro atoms. The minimum absolute atomic E-state index is 0.112. The molecule has 0 atom stereocenters. The number of nitrogens with zero attached hydrogens (tertiary/aromatic N) is 1. The second-order valence-corrected chi connectivity index (χ2v) is 3.69. The molecule has 0 fully saturated rings. The van der Waals surface area contributed by atoms with E-state index in [-0.39, 0.29) is 12.1 Å². The average Bonchev–Trinajstić information content (AvgIpc) is 2.15. The smallest absolute Gasteiger partial charge is 0.235 e. The van der Waals surface area contributed by atoms with Crippen LogP contribution < -0.4 is 0 Å². The van der Waals surface area contributed by atoms with Crippen LogP contribution in [0.4, 0.5) is 8.78 Å². The number of benzene rings is 1. The van der Waals surface area contributed by atoms with Gasteiger partial charge in [0, 0.05) is 5.56 Å². The maximum atomic E-state index is 13.5. The van der Waals surface area contributed by atoms with Crippen molar-refractivity contribution in [2.24, 2.45) is 4.99 Å². The van der Waals surface area contributed by atoms with E-state index in [1.54, 1.807) is 0 Å². The first-order valence-electron chi connectivity index (χ1n) is 4.46. The van der Waals surface area contributed by atoms with Crippen molar-refractivity contribution < 1.29 is 13.6 Å². The minimum Gasteiger partial charge on any atom is -0.239 e. The molecule has 0 N–H and O–H groups in total. The standard InChI is InChI=1S/C11H11F2NO/c1-11(2,13)9-3-4-10(12)8(5-9)6-14-7-15/h3-5H,6H2,1-2H3. The van der Waals surface area contributed by atoms with E-state index in [4.69, 9.17) is 0 Å².